The number of hydrogen-bond donors (Lipinski definition) is 1. The molecule has 0 saturated carbocycles. The quantitative estimate of drug-likeness (QED) is 0.835. The molecule has 0 bridgehead atoms. The molecule has 88 valence electrons. The number of hydrogen-bond acceptors (Lipinski definition) is 4. The molecule has 0 radical (unpaired) electrons. The Morgan fingerprint density at radius 1 is 1.17 bits per heavy atom. The van der Waals surface area contributed by atoms with Crippen LogP contribution < -0.4 is 5.32 Å². The SMILES string of the molecule is O=C(C1=CNc2ccccc2S1)c1cccnc1. The van der Waals surface area contributed by atoms with Crippen molar-refractivity contribution in [2.75, 3.05) is 5.32 Å². The lowest BCUT2D eigenvalue weighted by atomic mass is 10.2. The van der Waals surface area contributed by atoms with Crippen LogP contribution in [0.1, 0.15) is 10.4 Å². The van der Waals surface area contributed by atoms with Gasteiger partial charge in [0.2, 0.25) is 5.78 Å². The number of anilines is 1. The van der Waals surface area contributed by atoms with Gasteiger partial charge in [-0.15, -0.1) is 0 Å². The number of para-hydroxylation sites is 1. The van der Waals surface area contributed by atoms with Crippen molar-refractivity contribution in [1.29, 1.82) is 0 Å². The molecule has 0 aliphatic carbocycles. The number of Topliss-reactive ketones (excluding diaryl/α,β-unsaturated/α-hetero) is 1. The molecule has 1 aromatic heterocycles. The molecule has 3 rings (SSSR count). The van der Waals surface area contributed by atoms with Gasteiger partial charge in [0.25, 0.3) is 0 Å². The fraction of sp³-hybridized carbons (Fsp3) is 0. The first-order valence-electron chi connectivity index (χ1n) is 5.53. The summed E-state index contributed by atoms with van der Waals surface area (Å²) < 4.78 is 0. The molecule has 3 nitrogen and oxygen atoms in total. The van der Waals surface area contributed by atoms with E-state index >= 15 is 0 Å². The van der Waals surface area contributed by atoms with Crippen LogP contribution in [0.5, 0.6) is 0 Å². The van der Waals surface area contributed by atoms with Gasteiger partial charge in [-0.3, -0.25) is 9.78 Å². The van der Waals surface area contributed by atoms with Gasteiger partial charge in [0.15, 0.2) is 0 Å². The second-order valence-corrected chi connectivity index (χ2v) is 4.91. The first-order valence-corrected chi connectivity index (χ1v) is 6.34. The average molecular weight is 254 g/mol. The fourth-order valence-corrected chi connectivity index (χ4v) is 2.67. The van der Waals surface area contributed by atoms with E-state index in [1.165, 1.54) is 11.8 Å². The molecule has 1 aromatic carbocycles. The van der Waals surface area contributed by atoms with Crippen molar-refractivity contribution in [2.45, 2.75) is 4.90 Å². The van der Waals surface area contributed by atoms with Gasteiger partial charge < -0.3 is 5.32 Å². The van der Waals surface area contributed by atoms with E-state index in [4.69, 9.17) is 0 Å². The van der Waals surface area contributed by atoms with Crippen molar-refractivity contribution in [3.05, 3.63) is 65.5 Å². The number of aromatic nitrogens is 1. The number of carbonyl (C=O) groups is 1. The number of nitrogens with zero attached hydrogens (tertiary/aromatic N) is 1. The maximum atomic E-state index is 12.2. The highest BCUT2D eigenvalue weighted by Crippen LogP contribution is 2.37. The van der Waals surface area contributed by atoms with Crippen molar-refractivity contribution in [1.82, 2.24) is 4.98 Å². The molecule has 1 aliphatic heterocycles. The number of allylic oxidation sites excluding steroid dienone is 1. The van der Waals surface area contributed by atoms with E-state index in [-0.39, 0.29) is 5.78 Å². The van der Waals surface area contributed by atoms with Crippen molar-refractivity contribution in [3.63, 3.8) is 0 Å². The summed E-state index contributed by atoms with van der Waals surface area (Å²) in [7, 11) is 0. The molecular weight excluding hydrogens is 244 g/mol. The van der Waals surface area contributed by atoms with E-state index in [0.717, 1.165) is 10.6 Å². The zero-order chi connectivity index (χ0) is 12.4. The van der Waals surface area contributed by atoms with Crippen LogP contribution >= 0.6 is 11.8 Å². The van der Waals surface area contributed by atoms with Crippen LogP contribution in [0.2, 0.25) is 0 Å². The van der Waals surface area contributed by atoms with Gasteiger partial charge in [-0.05, 0) is 24.3 Å². The highest BCUT2D eigenvalue weighted by Gasteiger charge is 2.18. The normalized spacial score (nSPS) is 13.2. The largest absolute Gasteiger partial charge is 0.360 e. The highest BCUT2D eigenvalue weighted by atomic mass is 32.2. The van der Waals surface area contributed by atoms with Gasteiger partial charge in [0.1, 0.15) is 0 Å². The Morgan fingerprint density at radius 2 is 2.06 bits per heavy atom. The second-order valence-electron chi connectivity index (χ2n) is 3.82. The van der Waals surface area contributed by atoms with Gasteiger partial charge in [0.05, 0.1) is 10.6 Å². The van der Waals surface area contributed by atoms with E-state index in [2.05, 4.69) is 10.3 Å². The monoisotopic (exact) mass is 254 g/mol. The highest BCUT2D eigenvalue weighted by molar-refractivity contribution is 8.04. The summed E-state index contributed by atoms with van der Waals surface area (Å²) in [5.41, 5.74) is 1.64. The molecular formula is C14H10N2OS. The minimum Gasteiger partial charge on any atom is -0.360 e. The van der Waals surface area contributed by atoms with Crippen LogP contribution in [0.3, 0.4) is 0 Å². The van der Waals surface area contributed by atoms with Crippen LogP contribution in [0.25, 0.3) is 0 Å². The zero-order valence-corrected chi connectivity index (χ0v) is 10.3. The smallest absolute Gasteiger partial charge is 0.202 e. The Bertz CT molecular complexity index is 623. The van der Waals surface area contributed by atoms with E-state index in [9.17, 15) is 4.79 Å². The third kappa shape index (κ3) is 2.02. The summed E-state index contributed by atoms with van der Waals surface area (Å²) in [4.78, 5) is 18.0. The predicted octanol–water partition coefficient (Wildman–Crippen LogP) is 3.32. The molecule has 1 N–H and O–H groups in total. The molecule has 0 fully saturated rings. The van der Waals surface area contributed by atoms with Gasteiger partial charge in [-0.25, -0.2) is 0 Å². The summed E-state index contributed by atoms with van der Waals surface area (Å²) in [5, 5.41) is 3.14. The van der Waals surface area contributed by atoms with Crippen LogP contribution in [0, 0.1) is 0 Å². The lowest BCUT2D eigenvalue weighted by Crippen LogP contribution is -2.07. The maximum absolute atomic E-state index is 12.2. The van der Waals surface area contributed by atoms with E-state index in [1.807, 2.05) is 24.3 Å². The Morgan fingerprint density at radius 3 is 2.89 bits per heavy atom. The lowest BCUT2D eigenvalue weighted by molar-refractivity contribution is 0.104. The number of benzene rings is 1. The standard InChI is InChI=1S/C14H10N2OS/c17-14(10-4-3-7-15-8-10)13-9-16-11-5-1-2-6-12(11)18-13/h1-9,16H. The maximum Gasteiger partial charge on any atom is 0.202 e. The molecule has 0 unspecified atom stereocenters. The number of fused-ring (bicyclic) bond motifs is 1. The Balaban J connectivity index is 1.88. The molecule has 4 heteroatoms. The molecule has 2 aromatic rings. The Hall–Kier alpha value is -2.07. The summed E-state index contributed by atoms with van der Waals surface area (Å²) >= 11 is 1.48. The predicted molar refractivity (Wildman–Crippen MR) is 72.6 cm³/mol. The third-order valence-corrected chi connectivity index (χ3v) is 3.71. The molecule has 0 spiro atoms. The first-order chi connectivity index (χ1) is 8.84. The van der Waals surface area contributed by atoms with E-state index < -0.39 is 0 Å². The molecule has 18 heavy (non-hydrogen) atoms. The molecule has 0 saturated heterocycles. The van der Waals surface area contributed by atoms with E-state index in [1.54, 1.807) is 30.7 Å². The summed E-state index contributed by atoms with van der Waals surface area (Å²) in [6, 6.07) is 11.5. The van der Waals surface area contributed by atoms with Crippen LogP contribution in [0.4, 0.5) is 5.69 Å². The van der Waals surface area contributed by atoms with Crippen LogP contribution in [-0.4, -0.2) is 10.8 Å². The summed E-state index contributed by atoms with van der Waals surface area (Å²) in [6.07, 6.45) is 5.00. The second kappa shape index (κ2) is 4.66. The van der Waals surface area contributed by atoms with Crippen LogP contribution in [0.15, 0.2) is 64.8 Å². The fourth-order valence-electron chi connectivity index (χ4n) is 1.72. The number of ketones is 1. The molecule has 1 aliphatic rings. The van der Waals surface area contributed by atoms with E-state index in [0.29, 0.717) is 10.5 Å². The van der Waals surface area contributed by atoms with Crippen molar-refractivity contribution < 1.29 is 4.79 Å². The topological polar surface area (TPSA) is 42.0 Å². The van der Waals surface area contributed by atoms with Gasteiger partial charge in [-0.2, -0.15) is 0 Å². The third-order valence-electron chi connectivity index (χ3n) is 2.61. The van der Waals surface area contributed by atoms with Gasteiger partial charge in [-0.1, -0.05) is 23.9 Å². The summed E-state index contributed by atoms with van der Waals surface area (Å²) in [5.74, 6) is -0.00453. The van der Waals surface area contributed by atoms with Gasteiger partial charge >= 0.3 is 0 Å². The minimum atomic E-state index is -0.00453. The Labute approximate surface area is 109 Å². The number of pyridine rings is 1. The minimum absolute atomic E-state index is 0.00453. The van der Waals surface area contributed by atoms with Crippen molar-refractivity contribution >= 4 is 23.2 Å². The van der Waals surface area contributed by atoms with Crippen LogP contribution in [-0.2, 0) is 0 Å². The average Bonchev–Trinajstić information content (AvgIpc) is 2.47. The number of carbonyl (C=O) groups excluding carboxylic acids is 1. The number of rotatable bonds is 2. The zero-order valence-electron chi connectivity index (χ0n) is 9.46. The Kier molecular flexibility index (Phi) is 2.86. The van der Waals surface area contributed by atoms with Crippen molar-refractivity contribution in [2.24, 2.45) is 0 Å². The van der Waals surface area contributed by atoms with Gasteiger partial charge in [0, 0.05) is 29.1 Å². The number of nitrogens with one attached hydrogen (secondary N) is 1. The summed E-state index contributed by atoms with van der Waals surface area (Å²) in [6.45, 7) is 0. The number of thioether (sulfide) groups is 1. The molecule has 0 amide bonds. The first kappa shape index (κ1) is 11.0. The van der Waals surface area contributed by atoms with Crippen molar-refractivity contribution in [3.8, 4) is 0 Å². The molecule has 2 heterocycles. The lowest BCUT2D eigenvalue weighted by Gasteiger charge is -2.16. The molecule has 0 atom stereocenters.